The number of sulfonamides is 1. The van der Waals surface area contributed by atoms with Crippen molar-refractivity contribution in [2.45, 2.75) is 47.2 Å². The summed E-state index contributed by atoms with van der Waals surface area (Å²) in [5.74, 6) is -0.526. The minimum absolute atomic E-state index is 0.136. The molecule has 7 nitrogen and oxygen atoms in total. The summed E-state index contributed by atoms with van der Waals surface area (Å²) >= 11 is 5.99. The molecule has 0 aliphatic heterocycles. The molecule has 0 spiro atoms. The van der Waals surface area contributed by atoms with Gasteiger partial charge in [-0.3, -0.25) is 13.9 Å². The number of benzene rings is 2. The first-order valence-electron chi connectivity index (χ1n) is 11.2. The molecule has 0 aromatic heterocycles. The van der Waals surface area contributed by atoms with Gasteiger partial charge in [-0.1, -0.05) is 43.6 Å². The maximum Gasteiger partial charge on any atom is 0.244 e. The Morgan fingerprint density at radius 2 is 1.56 bits per heavy atom. The molecule has 2 rings (SSSR count). The summed E-state index contributed by atoms with van der Waals surface area (Å²) in [5.41, 5.74) is 2.96. The number of nitrogens with one attached hydrogen (secondary N) is 1. The van der Waals surface area contributed by atoms with Gasteiger partial charge in [-0.15, -0.1) is 0 Å². The topological polar surface area (TPSA) is 86.8 Å². The van der Waals surface area contributed by atoms with Crippen molar-refractivity contribution in [2.24, 2.45) is 5.92 Å². The van der Waals surface area contributed by atoms with Crippen LogP contribution in [0.1, 0.15) is 37.5 Å². The fourth-order valence-corrected chi connectivity index (χ4v) is 4.49. The van der Waals surface area contributed by atoms with Crippen LogP contribution in [0.15, 0.2) is 42.5 Å². The molecule has 0 radical (unpaired) electrons. The number of nitrogens with zero attached hydrogens (tertiary/aromatic N) is 2. The van der Waals surface area contributed by atoms with E-state index in [9.17, 15) is 18.0 Å². The molecule has 0 aliphatic carbocycles. The number of halogens is 1. The Balaban J connectivity index is 2.39. The summed E-state index contributed by atoms with van der Waals surface area (Å²) in [6, 6.07) is 11.6. The van der Waals surface area contributed by atoms with Crippen LogP contribution >= 0.6 is 11.6 Å². The largest absolute Gasteiger partial charge is 0.354 e. The Morgan fingerprint density at radius 3 is 2.06 bits per heavy atom. The van der Waals surface area contributed by atoms with Crippen molar-refractivity contribution in [3.05, 3.63) is 64.2 Å². The van der Waals surface area contributed by atoms with Gasteiger partial charge < -0.3 is 10.2 Å². The van der Waals surface area contributed by atoms with Gasteiger partial charge in [-0.05, 0) is 67.6 Å². The van der Waals surface area contributed by atoms with Crippen LogP contribution in [-0.2, 0) is 26.2 Å². The van der Waals surface area contributed by atoms with Crippen molar-refractivity contribution < 1.29 is 18.0 Å². The molecular weight excluding hydrogens is 474 g/mol. The van der Waals surface area contributed by atoms with Gasteiger partial charge in [0.25, 0.3) is 0 Å². The van der Waals surface area contributed by atoms with Gasteiger partial charge in [0.15, 0.2) is 0 Å². The Labute approximate surface area is 208 Å². The summed E-state index contributed by atoms with van der Waals surface area (Å²) in [7, 11) is -3.76. The predicted octanol–water partition coefficient (Wildman–Crippen LogP) is 3.91. The lowest BCUT2D eigenvalue weighted by Gasteiger charge is -2.31. The lowest BCUT2D eigenvalue weighted by atomic mass is 10.1. The Kier molecular flexibility index (Phi) is 9.53. The van der Waals surface area contributed by atoms with E-state index < -0.39 is 28.5 Å². The van der Waals surface area contributed by atoms with Gasteiger partial charge in [0.1, 0.15) is 12.6 Å². The van der Waals surface area contributed by atoms with E-state index in [0.29, 0.717) is 17.3 Å². The highest BCUT2D eigenvalue weighted by molar-refractivity contribution is 7.92. The SMILES string of the molecule is Cc1cc(C)cc(N(CC(=O)N(Cc2ccc(Cl)cc2)[C@H](C)C(=O)NCC(C)C)S(C)(=O)=O)c1. The number of rotatable bonds is 10. The number of amides is 2. The van der Waals surface area contributed by atoms with Crippen molar-refractivity contribution in [3.63, 3.8) is 0 Å². The maximum absolute atomic E-state index is 13.5. The van der Waals surface area contributed by atoms with E-state index in [1.807, 2.05) is 33.8 Å². The molecule has 2 aromatic carbocycles. The molecule has 1 N–H and O–H groups in total. The second-order valence-corrected chi connectivity index (χ2v) is 11.4. The summed E-state index contributed by atoms with van der Waals surface area (Å²) in [6.45, 7) is 9.54. The zero-order valence-electron chi connectivity index (χ0n) is 20.6. The zero-order chi connectivity index (χ0) is 25.6. The van der Waals surface area contributed by atoms with Crippen molar-refractivity contribution in [3.8, 4) is 0 Å². The molecule has 2 amide bonds. The van der Waals surface area contributed by atoms with Gasteiger partial charge in [0.2, 0.25) is 21.8 Å². The molecular formula is C25H34ClN3O4S. The van der Waals surface area contributed by atoms with Gasteiger partial charge in [0.05, 0.1) is 11.9 Å². The maximum atomic E-state index is 13.5. The molecule has 186 valence electrons. The quantitative estimate of drug-likeness (QED) is 0.528. The molecule has 0 heterocycles. The van der Waals surface area contributed by atoms with Crippen LogP contribution in [0.4, 0.5) is 5.69 Å². The third kappa shape index (κ3) is 8.02. The minimum atomic E-state index is -3.76. The Hall–Kier alpha value is -2.58. The molecule has 0 fully saturated rings. The first-order valence-corrected chi connectivity index (χ1v) is 13.4. The van der Waals surface area contributed by atoms with Crippen LogP contribution in [0.2, 0.25) is 5.02 Å². The van der Waals surface area contributed by atoms with Gasteiger partial charge in [-0.25, -0.2) is 8.42 Å². The van der Waals surface area contributed by atoms with Gasteiger partial charge >= 0.3 is 0 Å². The standard InChI is InChI=1S/C25H34ClN3O4S/c1-17(2)14-27-25(31)20(5)28(15-21-7-9-22(26)10-8-21)24(30)16-29(34(6,32)33)23-12-18(3)11-19(4)13-23/h7-13,17,20H,14-16H2,1-6H3,(H,27,31)/t20-/m1/s1. The highest BCUT2D eigenvalue weighted by atomic mass is 35.5. The fraction of sp³-hybridized carbons (Fsp3) is 0.440. The first kappa shape index (κ1) is 27.7. The fourth-order valence-electron chi connectivity index (χ4n) is 3.53. The third-order valence-corrected chi connectivity index (χ3v) is 6.68. The number of anilines is 1. The van der Waals surface area contributed by atoms with Crippen molar-refractivity contribution in [1.29, 1.82) is 0 Å². The van der Waals surface area contributed by atoms with Crippen molar-refractivity contribution in [2.75, 3.05) is 23.7 Å². The predicted molar refractivity (Wildman–Crippen MR) is 137 cm³/mol. The van der Waals surface area contributed by atoms with Gasteiger partial charge in [0, 0.05) is 18.1 Å². The van der Waals surface area contributed by atoms with E-state index in [1.165, 1.54) is 4.90 Å². The Bertz CT molecular complexity index is 1100. The van der Waals surface area contributed by atoms with E-state index in [0.717, 1.165) is 27.3 Å². The normalized spacial score (nSPS) is 12.4. The molecule has 1 atom stereocenters. The molecule has 34 heavy (non-hydrogen) atoms. The molecule has 0 unspecified atom stereocenters. The summed E-state index contributed by atoms with van der Waals surface area (Å²) in [4.78, 5) is 27.7. The summed E-state index contributed by atoms with van der Waals surface area (Å²) in [6.07, 6.45) is 1.07. The summed E-state index contributed by atoms with van der Waals surface area (Å²) < 4.78 is 26.4. The molecule has 0 aliphatic rings. The monoisotopic (exact) mass is 507 g/mol. The van der Waals surface area contributed by atoms with E-state index in [2.05, 4.69) is 5.32 Å². The molecule has 0 bridgehead atoms. The molecule has 2 aromatic rings. The molecule has 0 saturated carbocycles. The molecule has 0 saturated heterocycles. The van der Waals surface area contributed by atoms with Crippen LogP contribution in [0.5, 0.6) is 0 Å². The van der Waals surface area contributed by atoms with E-state index in [4.69, 9.17) is 11.6 Å². The second-order valence-electron chi connectivity index (χ2n) is 9.08. The highest BCUT2D eigenvalue weighted by Gasteiger charge is 2.30. The van der Waals surface area contributed by atoms with Crippen LogP contribution in [0.25, 0.3) is 0 Å². The third-order valence-electron chi connectivity index (χ3n) is 5.29. The van der Waals surface area contributed by atoms with Crippen molar-refractivity contribution in [1.82, 2.24) is 10.2 Å². The Morgan fingerprint density at radius 1 is 1.00 bits per heavy atom. The van der Waals surface area contributed by atoms with Crippen molar-refractivity contribution >= 4 is 39.1 Å². The molecule has 9 heteroatoms. The first-order chi connectivity index (χ1) is 15.8. The minimum Gasteiger partial charge on any atom is -0.354 e. The number of carbonyl (C=O) groups excluding carboxylic acids is 2. The van der Waals surface area contributed by atoms with Crippen LogP contribution in [0.3, 0.4) is 0 Å². The number of aryl methyl sites for hydroxylation is 2. The van der Waals surface area contributed by atoms with E-state index >= 15 is 0 Å². The van der Waals surface area contributed by atoms with Crippen LogP contribution < -0.4 is 9.62 Å². The number of carbonyl (C=O) groups is 2. The number of hydrogen-bond acceptors (Lipinski definition) is 4. The number of hydrogen-bond donors (Lipinski definition) is 1. The van der Waals surface area contributed by atoms with Crippen LogP contribution in [-0.4, -0.2) is 50.5 Å². The van der Waals surface area contributed by atoms with Crippen LogP contribution in [0, 0.1) is 19.8 Å². The average molecular weight is 508 g/mol. The zero-order valence-corrected chi connectivity index (χ0v) is 22.2. The van der Waals surface area contributed by atoms with Gasteiger partial charge in [-0.2, -0.15) is 0 Å². The lowest BCUT2D eigenvalue weighted by molar-refractivity contribution is -0.139. The van der Waals surface area contributed by atoms with E-state index in [1.54, 1.807) is 43.3 Å². The second kappa shape index (κ2) is 11.7. The lowest BCUT2D eigenvalue weighted by Crippen LogP contribution is -2.51. The smallest absolute Gasteiger partial charge is 0.244 e. The summed E-state index contributed by atoms with van der Waals surface area (Å²) in [5, 5.41) is 3.41. The van der Waals surface area contributed by atoms with E-state index in [-0.39, 0.29) is 18.4 Å². The average Bonchev–Trinajstić information content (AvgIpc) is 2.73. The highest BCUT2D eigenvalue weighted by Crippen LogP contribution is 2.22.